The molecule has 0 radical (unpaired) electrons. The highest BCUT2D eigenvalue weighted by Gasteiger charge is 2.22. The zero-order valence-electron chi connectivity index (χ0n) is 11.4. The van der Waals surface area contributed by atoms with Crippen LogP contribution in [0.4, 0.5) is 0 Å². The molecule has 1 aliphatic rings. The van der Waals surface area contributed by atoms with Crippen molar-refractivity contribution in [2.45, 2.75) is 51.5 Å². The smallest absolute Gasteiger partial charge is 0.251 e. The summed E-state index contributed by atoms with van der Waals surface area (Å²) in [5.41, 5.74) is 0.593. The molecule has 2 rings (SSSR count). The Morgan fingerprint density at radius 2 is 2.16 bits per heavy atom. The minimum Gasteiger partial charge on any atom is -0.349 e. The van der Waals surface area contributed by atoms with Crippen LogP contribution in [0.25, 0.3) is 0 Å². The van der Waals surface area contributed by atoms with Crippen LogP contribution >= 0.6 is 11.6 Å². The van der Waals surface area contributed by atoms with E-state index in [9.17, 15) is 4.79 Å². The van der Waals surface area contributed by atoms with Crippen LogP contribution in [0.2, 0.25) is 5.15 Å². The summed E-state index contributed by atoms with van der Waals surface area (Å²) in [6.45, 7) is 2.24. The van der Waals surface area contributed by atoms with Crippen molar-refractivity contribution in [2.75, 3.05) is 0 Å². The summed E-state index contributed by atoms with van der Waals surface area (Å²) < 4.78 is 0. The number of amides is 1. The van der Waals surface area contributed by atoms with Crippen LogP contribution in [0.15, 0.2) is 18.3 Å². The average molecular weight is 281 g/mol. The lowest BCUT2D eigenvalue weighted by atomic mass is 9.83. The number of carbonyl (C=O) groups excluding carboxylic acids is 1. The maximum absolute atomic E-state index is 12.1. The van der Waals surface area contributed by atoms with Crippen molar-refractivity contribution in [3.8, 4) is 0 Å². The van der Waals surface area contributed by atoms with Crippen LogP contribution in [0.1, 0.15) is 55.8 Å². The number of rotatable bonds is 4. The topological polar surface area (TPSA) is 42.0 Å². The van der Waals surface area contributed by atoms with Gasteiger partial charge in [0, 0.05) is 17.8 Å². The molecule has 104 valence electrons. The Labute approximate surface area is 119 Å². The summed E-state index contributed by atoms with van der Waals surface area (Å²) in [6, 6.07) is 3.62. The zero-order chi connectivity index (χ0) is 13.7. The number of aromatic nitrogens is 1. The second-order valence-electron chi connectivity index (χ2n) is 5.35. The molecule has 0 atom stereocenters. The van der Waals surface area contributed by atoms with Gasteiger partial charge in [0.1, 0.15) is 5.15 Å². The van der Waals surface area contributed by atoms with E-state index in [4.69, 9.17) is 11.6 Å². The first-order valence-electron chi connectivity index (χ1n) is 7.11. The molecule has 0 bridgehead atoms. The predicted molar refractivity (Wildman–Crippen MR) is 77.4 cm³/mol. The molecule has 3 nitrogen and oxygen atoms in total. The van der Waals surface area contributed by atoms with E-state index < -0.39 is 0 Å². The van der Waals surface area contributed by atoms with E-state index >= 15 is 0 Å². The fraction of sp³-hybridized carbons (Fsp3) is 0.600. The lowest BCUT2D eigenvalue weighted by Gasteiger charge is -2.28. The summed E-state index contributed by atoms with van der Waals surface area (Å²) in [6.07, 6.45) is 8.80. The number of nitrogens with one attached hydrogen (secondary N) is 1. The normalized spacial score (nSPS) is 23.1. The third-order valence-electron chi connectivity index (χ3n) is 3.87. The van der Waals surface area contributed by atoms with Crippen molar-refractivity contribution in [3.63, 3.8) is 0 Å². The molecule has 1 aliphatic carbocycles. The minimum atomic E-state index is -0.0387. The maximum Gasteiger partial charge on any atom is 0.251 e. The SMILES string of the molecule is CCCC1CCC(NC(=O)c2ccnc(Cl)c2)CC1. The van der Waals surface area contributed by atoms with Crippen molar-refractivity contribution in [1.29, 1.82) is 0 Å². The molecule has 1 amide bonds. The molecule has 1 saturated carbocycles. The van der Waals surface area contributed by atoms with Gasteiger partial charge in [-0.15, -0.1) is 0 Å². The average Bonchev–Trinajstić information content (AvgIpc) is 2.41. The number of hydrogen-bond acceptors (Lipinski definition) is 2. The molecule has 0 aliphatic heterocycles. The monoisotopic (exact) mass is 280 g/mol. The fourth-order valence-electron chi connectivity index (χ4n) is 2.82. The van der Waals surface area contributed by atoms with Gasteiger partial charge < -0.3 is 5.32 Å². The fourth-order valence-corrected chi connectivity index (χ4v) is 2.99. The molecule has 0 spiro atoms. The lowest BCUT2D eigenvalue weighted by molar-refractivity contribution is 0.0921. The van der Waals surface area contributed by atoms with Crippen LogP contribution in [-0.2, 0) is 0 Å². The van der Waals surface area contributed by atoms with Crippen molar-refractivity contribution in [2.24, 2.45) is 5.92 Å². The van der Waals surface area contributed by atoms with Gasteiger partial charge in [-0.2, -0.15) is 0 Å². The van der Waals surface area contributed by atoms with Gasteiger partial charge in [-0.3, -0.25) is 4.79 Å². The van der Waals surface area contributed by atoms with E-state index in [1.165, 1.54) is 25.7 Å². The van der Waals surface area contributed by atoms with Gasteiger partial charge in [0.25, 0.3) is 5.91 Å². The summed E-state index contributed by atoms with van der Waals surface area (Å²) in [7, 11) is 0. The Balaban J connectivity index is 1.84. The van der Waals surface area contributed by atoms with Crippen molar-refractivity contribution in [3.05, 3.63) is 29.0 Å². The number of pyridine rings is 1. The van der Waals surface area contributed by atoms with E-state index in [1.54, 1.807) is 18.3 Å². The highest BCUT2D eigenvalue weighted by molar-refractivity contribution is 6.29. The predicted octanol–water partition coefficient (Wildman–Crippen LogP) is 3.82. The second kappa shape index (κ2) is 6.90. The Morgan fingerprint density at radius 3 is 2.79 bits per heavy atom. The number of nitrogens with zero attached hydrogens (tertiary/aromatic N) is 1. The molecule has 0 unspecified atom stereocenters. The van der Waals surface area contributed by atoms with Gasteiger partial charge in [-0.05, 0) is 43.7 Å². The van der Waals surface area contributed by atoms with Crippen LogP contribution in [0, 0.1) is 5.92 Å². The van der Waals surface area contributed by atoms with Crippen LogP contribution < -0.4 is 5.32 Å². The highest BCUT2D eigenvalue weighted by Crippen LogP contribution is 2.27. The molecule has 0 aromatic carbocycles. The largest absolute Gasteiger partial charge is 0.349 e. The number of carbonyl (C=O) groups is 1. The van der Waals surface area contributed by atoms with E-state index in [1.807, 2.05) is 0 Å². The van der Waals surface area contributed by atoms with Gasteiger partial charge in [0.05, 0.1) is 0 Å². The molecule has 0 saturated heterocycles. The summed E-state index contributed by atoms with van der Waals surface area (Å²) >= 11 is 5.79. The first-order valence-corrected chi connectivity index (χ1v) is 7.49. The second-order valence-corrected chi connectivity index (χ2v) is 5.73. The molecule has 4 heteroatoms. The van der Waals surface area contributed by atoms with E-state index in [0.717, 1.165) is 18.8 Å². The Kier molecular flexibility index (Phi) is 5.20. The van der Waals surface area contributed by atoms with Gasteiger partial charge in [-0.25, -0.2) is 4.98 Å². The Hall–Kier alpha value is -1.09. The van der Waals surface area contributed by atoms with Gasteiger partial charge in [-0.1, -0.05) is 31.4 Å². The number of hydrogen-bond donors (Lipinski definition) is 1. The first-order chi connectivity index (χ1) is 9.19. The van der Waals surface area contributed by atoms with E-state index in [0.29, 0.717) is 16.8 Å². The number of halogens is 1. The third kappa shape index (κ3) is 4.20. The van der Waals surface area contributed by atoms with Crippen molar-refractivity contribution in [1.82, 2.24) is 10.3 Å². The third-order valence-corrected chi connectivity index (χ3v) is 4.07. The highest BCUT2D eigenvalue weighted by atomic mass is 35.5. The van der Waals surface area contributed by atoms with Crippen molar-refractivity contribution < 1.29 is 4.79 Å². The van der Waals surface area contributed by atoms with Crippen LogP contribution in [-0.4, -0.2) is 16.9 Å². The standard InChI is InChI=1S/C15H21ClN2O/c1-2-3-11-4-6-13(7-5-11)18-15(19)12-8-9-17-14(16)10-12/h8-11,13H,2-7H2,1H3,(H,18,19). The first kappa shape index (κ1) is 14.3. The van der Waals surface area contributed by atoms with E-state index in [-0.39, 0.29) is 5.91 Å². The molecule has 1 N–H and O–H groups in total. The maximum atomic E-state index is 12.1. The zero-order valence-corrected chi connectivity index (χ0v) is 12.1. The van der Waals surface area contributed by atoms with Gasteiger partial charge >= 0.3 is 0 Å². The molecule has 1 heterocycles. The quantitative estimate of drug-likeness (QED) is 0.852. The summed E-state index contributed by atoms with van der Waals surface area (Å²) in [5, 5.41) is 3.46. The summed E-state index contributed by atoms with van der Waals surface area (Å²) in [5.74, 6) is 0.816. The lowest BCUT2D eigenvalue weighted by Crippen LogP contribution is -2.37. The molecular formula is C15H21ClN2O. The molecule has 1 aromatic heterocycles. The minimum absolute atomic E-state index is 0.0387. The van der Waals surface area contributed by atoms with Crippen molar-refractivity contribution >= 4 is 17.5 Å². The molecule has 1 fully saturated rings. The molecule has 1 aromatic rings. The van der Waals surface area contributed by atoms with Gasteiger partial charge in [0.15, 0.2) is 0 Å². The molecule has 19 heavy (non-hydrogen) atoms. The Morgan fingerprint density at radius 1 is 1.42 bits per heavy atom. The van der Waals surface area contributed by atoms with Crippen LogP contribution in [0.5, 0.6) is 0 Å². The summed E-state index contributed by atoms with van der Waals surface area (Å²) in [4.78, 5) is 16.0. The molecular weight excluding hydrogens is 260 g/mol. The van der Waals surface area contributed by atoms with Crippen LogP contribution in [0.3, 0.4) is 0 Å². The van der Waals surface area contributed by atoms with Gasteiger partial charge in [0.2, 0.25) is 0 Å². The Bertz CT molecular complexity index is 428. The van der Waals surface area contributed by atoms with E-state index in [2.05, 4.69) is 17.2 Å².